The smallest absolute Gasteiger partial charge is 0.259 e. The van der Waals surface area contributed by atoms with Crippen molar-refractivity contribution in [2.45, 2.75) is 0 Å². The van der Waals surface area contributed by atoms with Gasteiger partial charge in [-0.2, -0.15) is 0 Å². The van der Waals surface area contributed by atoms with Gasteiger partial charge in [0.05, 0.1) is 11.3 Å². The van der Waals surface area contributed by atoms with Gasteiger partial charge >= 0.3 is 0 Å². The number of hydrogen-bond donors (Lipinski definition) is 2. The maximum atomic E-state index is 12.1. The van der Waals surface area contributed by atoms with Gasteiger partial charge in [0.25, 0.3) is 5.91 Å². The van der Waals surface area contributed by atoms with Crippen LogP contribution < -0.4 is 10.1 Å². The fourth-order valence-corrected chi connectivity index (χ4v) is 1.95. The first-order chi connectivity index (χ1) is 9.15. The van der Waals surface area contributed by atoms with Crippen molar-refractivity contribution in [1.29, 1.82) is 0 Å². The van der Waals surface area contributed by atoms with Crippen LogP contribution in [0.25, 0.3) is 5.76 Å². The number of rotatable bonds is 1. The molecule has 1 amide bonds. The number of amides is 1. The molecule has 0 saturated carbocycles. The predicted molar refractivity (Wildman–Crippen MR) is 72.6 cm³/mol. The zero-order chi connectivity index (χ0) is 13.4. The molecule has 0 bridgehead atoms. The SMILES string of the molecule is C=C(O)c1ccc2c(c1)NC(=O)c1ccccc1O2. The number of carbonyl (C=O) groups excluding carboxylic acids is 1. The van der Waals surface area contributed by atoms with Crippen LogP contribution in [0.1, 0.15) is 15.9 Å². The topological polar surface area (TPSA) is 58.6 Å². The van der Waals surface area contributed by atoms with Gasteiger partial charge in [-0.25, -0.2) is 0 Å². The van der Waals surface area contributed by atoms with Crippen LogP contribution in [0.15, 0.2) is 49.0 Å². The van der Waals surface area contributed by atoms with Gasteiger partial charge in [-0.1, -0.05) is 18.7 Å². The van der Waals surface area contributed by atoms with E-state index in [1.807, 2.05) is 0 Å². The Bertz CT molecular complexity index is 692. The largest absolute Gasteiger partial charge is 0.508 e. The summed E-state index contributed by atoms with van der Waals surface area (Å²) in [6, 6.07) is 12.0. The molecule has 4 heteroatoms. The van der Waals surface area contributed by atoms with E-state index in [2.05, 4.69) is 11.9 Å². The van der Waals surface area contributed by atoms with Gasteiger partial charge < -0.3 is 15.2 Å². The minimum atomic E-state index is -0.241. The zero-order valence-corrected chi connectivity index (χ0v) is 10.0. The Morgan fingerprint density at radius 3 is 2.74 bits per heavy atom. The van der Waals surface area contributed by atoms with E-state index in [9.17, 15) is 9.90 Å². The third-order valence-electron chi connectivity index (χ3n) is 2.91. The van der Waals surface area contributed by atoms with Crippen molar-refractivity contribution in [3.63, 3.8) is 0 Å². The van der Waals surface area contributed by atoms with E-state index in [4.69, 9.17) is 4.74 Å². The van der Waals surface area contributed by atoms with Crippen LogP contribution in [0.5, 0.6) is 11.5 Å². The highest BCUT2D eigenvalue weighted by Crippen LogP contribution is 2.36. The molecule has 1 aliphatic heterocycles. The molecular weight excluding hydrogens is 242 g/mol. The molecule has 2 aromatic carbocycles. The molecule has 0 spiro atoms. The standard InChI is InChI=1S/C15H11NO3/c1-9(17)10-6-7-14-12(8-10)16-15(18)11-4-2-3-5-13(11)19-14/h2-8,17H,1H2,(H,16,18). The fraction of sp³-hybridized carbons (Fsp3) is 0. The molecule has 2 N–H and O–H groups in total. The normalized spacial score (nSPS) is 12.5. The number of aliphatic hydroxyl groups excluding tert-OH is 1. The number of ether oxygens (including phenoxy) is 1. The monoisotopic (exact) mass is 253 g/mol. The fourth-order valence-electron chi connectivity index (χ4n) is 1.95. The van der Waals surface area contributed by atoms with E-state index in [0.29, 0.717) is 28.3 Å². The first kappa shape index (κ1) is 11.3. The molecule has 0 fully saturated rings. The van der Waals surface area contributed by atoms with Gasteiger partial charge in [-0.05, 0) is 30.3 Å². The lowest BCUT2D eigenvalue weighted by Crippen LogP contribution is -2.10. The van der Waals surface area contributed by atoms with Gasteiger partial charge in [0.1, 0.15) is 11.5 Å². The summed E-state index contributed by atoms with van der Waals surface area (Å²) in [4.78, 5) is 12.1. The third kappa shape index (κ3) is 1.93. The second kappa shape index (κ2) is 4.17. The summed E-state index contributed by atoms with van der Waals surface area (Å²) >= 11 is 0. The predicted octanol–water partition coefficient (Wildman–Crippen LogP) is 3.57. The molecule has 0 saturated heterocycles. The minimum Gasteiger partial charge on any atom is -0.508 e. The summed E-state index contributed by atoms with van der Waals surface area (Å²) in [5.41, 5.74) is 1.52. The lowest BCUT2D eigenvalue weighted by molar-refractivity contribution is 0.102. The van der Waals surface area contributed by atoms with E-state index in [-0.39, 0.29) is 11.7 Å². The van der Waals surface area contributed by atoms with Crippen LogP contribution in [0.3, 0.4) is 0 Å². The molecule has 2 aromatic rings. The van der Waals surface area contributed by atoms with Crippen LogP contribution in [0, 0.1) is 0 Å². The van der Waals surface area contributed by atoms with Crippen LogP contribution >= 0.6 is 0 Å². The molecule has 4 nitrogen and oxygen atoms in total. The van der Waals surface area contributed by atoms with Crippen LogP contribution in [0.4, 0.5) is 5.69 Å². The molecule has 94 valence electrons. The molecule has 0 unspecified atom stereocenters. The number of anilines is 1. The number of fused-ring (bicyclic) bond motifs is 2. The molecular formula is C15H11NO3. The summed E-state index contributed by atoms with van der Waals surface area (Å²) in [6.45, 7) is 3.46. The maximum absolute atomic E-state index is 12.1. The number of hydrogen-bond acceptors (Lipinski definition) is 3. The van der Waals surface area contributed by atoms with Gasteiger partial charge in [-0.15, -0.1) is 0 Å². The van der Waals surface area contributed by atoms with Gasteiger partial charge in [-0.3, -0.25) is 4.79 Å². The third-order valence-corrected chi connectivity index (χ3v) is 2.91. The van der Waals surface area contributed by atoms with Gasteiger partial charge in [0.15, 0.2) is 5.75 Å². The molecule has 1 aliphatic rings. The van der Waals surface area contributed by atoms with E-state index in [1.165, 1.54) is 0 Å². The first-order valence-electron chi connectivity index (χ1n) is 5.75. The summed E-state index contributed by atoms with van der Waals surface area (Å²) in [5, 5.41) is 12.1. The number of benzene rings is 2. The summed E-state index contributed by atoms with van der Waals surface area (Å²) in [6.07, 6.45) is 0. The molecule has 0 atom stereocenters. The first-order valence-corrected chi connectivity index (χ1v) is 5.75. The number of nitrogens with one attached hydrogen (secondary N) is 1. The van der Waals surface area contributed by atoms with Crippen molar-refractivity contribution in [2.24, 2.45) is 0 Å². The Kier molecular flexibility index (Phi) is 2.49. The Labute approximate surface area is 110 Å². The summed E-state index contributed by atoms with van der Waals surface area (Å²) in [5.74, 6) is 0.742. The van der Waals surface area contributed by atoms with Crippen LogP contribution in [-0.4, -0.2) is 11.0 Å². The number of carbonyl (C=O) groups is 1. The van der Waals surface area contributed by atoms with Crippen molar-refractivity contribution in [2.75, 3.05) is 5.32 Å². The Morgan fingerprint density at radius 1 is 1.16 bits per heavy atom. The minimum absolute atomic E-state index is 0.0567. The van der Waals surface area contributed by atoms with Crippen molar-refractivity contribution in [3.8, 4) is 11.5 Å². The van der Waals surface area contributed by atoms with E-state index < -0.39 is 0 Å². The second-order valence-corrected chi connectivity index (χ2v) is 4.21. The van der Waals surface area contributed by atoms with E-state index >= 15 is 0 Å². The van der Waals surface area contributed by atoms with Crippen molar-refractivity contribution >= 4 is 17.4 Å². The average Bonchev–Trinajstić information content (AvgIpc) is 2.54. The molecule has 3 rings (SSSR count). The summed E-state index contributed by atoms with van der Waals surface area (Å²) < 4.78 is 5.71. The quantitative estimate of drug-likeness (QED) is 0.764. The average molecular weight is 253 g/mol. The summed E-state index contributed by atoms with van der Waals surface area (Å²) in [7, 11) is 0. The lowest BCUT2D eigenvalue weighted by Gasteiger charge is -2.08. The van der Waals surface area contributed by atoms with Crippen LogP contribution in [0.2, 0.25) is 0 Å². The lowest BCUT2D eigenvalue weighted by atomic mass is 10.1. The van der Waals surface area contributed by atoms with E-state index in [0.717, 1.165) is 0 Å². The van der Waals surface area contributed by atoms with Crippen molar-refractivity contribution in [1.82, 2.24) is 0 Å². The van der Waals surface area contributed by atoms with Crippen molar-refractivity contribution < 1.29 is 14.6 Å². The highest BCUT2D eigenvalue weighted by Gasteiger charge is 2.20. The molecule has 0 radical (unpaired) electrons. The van der Waals surface area contributed by atoms with Crippen LogP contribution in [-0.2, 0) is 0 Å². The van der Waals surface area contributed by atoms with Gasteiger partial charge in [0, 0.05) is 5.56 Å². The number of para-hydroxylation sites is 1. The highest BCUT2D eigenvalue weighted by molar-refractivity contribution is 6.08. The second-order valence-electron chi connectivity index (χ2n) is 4.21. The van der Waals surface area contributed by atoms with E-state index in [1.54, 1.807) is 42.5 Å². The number of aliphatic hydroxyl groups is 1. The highest BCUT2D eigenvalue weighted by atomic mass is 16.5. The molecule has 0 aliphatic carbocycles. The maximum Gasteiger partial charge on any atom is 0.259 e. The Balaban J connectivity index is 2.12. The Morgan fingerprint density at radius 2 is 1.95 bits per heavy atom. The molecule has 0 aromatic heterocycles. The van der Waals surface area contributed by atoms with Gasteiger partial charge in [0.2, 0.25) is 0 Å². The Hall–Kier alpha value is -2.75. The molecule has 1 heterocycles. The molecule has 19 heavy (non-hydrogen) atoms. The van der Waals surface area contributed by atoms with Crippen molar-refractivity contribution in [3.05, 3.63) is 60.2 Å². The zero-order valence-electron chi connectivity index (χ0n) is 10.0.